The molecule has 9 nitrogen and oxygen atoms in total. The second-order valence-electron chi connectivity index (χ2n) is 9.62. The Morgan fingerprint density at radius 3 is 2.45 bits per heavy atom. The van der Waals surface area contributed by atoms with Gasteiger partial charge in [-0.1, -0.05) is 47.5 Å². The van der Waals surface area contributed by atoms with Gasteiger partial charge in [-0.2, -0.15) is 0 Å². The van der Waals surface area contributed by atoms with Crippen molar-refractivity contribution in [2.45, 2.75) is 6.54 Å². The van der Waals surface area contributed by atoms with Crippen molar-refractivity contribution in [1.82, 2.24) is 4.90 Å². The van der Waals surface area contributed by atoms with Crippen LogP contribution in [0.15, 0.2) is 53.7 Å². The van der Waals surface area contributed by atoms with Crippen molar-refractivity contribution in [2.75, 3.05) is 45.0 Å². The normalized spacial score (nSPS) is 15.5. The molecular weight excluding hydrogens is 586 g/mol. The molecule has 42 heavy (non-hydrogen) atoms. The number of benzene rings is 3. The van der Waals surface area contributed by atoms with E-state index >= 15 is 4.39 Å². The molecule has 1 amide bonds. The molecule has 12 heteroatoms. The van der Waals surface area contributed by atoms with Gasteiger partial charge >= 0.3 is 5.97 Å². The van der Waals surface area contributed by atoms with Crippen LogP contribution in [0.5, 0.6) is 5.75 Å². The number of aliphatic imine (C=N–C) groups is 1. The largest absolute Gasteiger partial charge is 0.478 e. The lowest BCUT2D eigenvalue weighted by molar-refractivity contribution is 0.0516. The van der Waals surface area contributed by atoms with Crippen LogP contribution >= 0.6 is 23.2 Å². The predicted molar refractivity (Wildman–Crippen MR) is 160 cm³/mol. The van der Waals surface area contributed by atoms with E-state index in [1.54, 1.807) is 48.5 Å². The lowest BCUT2D eigenvalue weighted by Crippen LogP contribution is -2.38. The first kappa shape index (κ1) is 29.4. The molecule has 2 aliphatic heterocycles. The molecule has 1 fully saturated rings. The molecule has 0 spiro atoms. The van der Waals surface area contributed by atoms with Gasteiger partial charge in [0.15, 0.2) is 12.5 Å². The van der Waals surface area contributed by atoms with Crippen LogP contribution in [0.3, 0.4) is 0 Å². The third kappa shape index (κ3) is 5.53. The lowest BCUT2D eigenvalue weighted by Gasteiger charge is -2.32. The number of carboxylic acid groups (broad SMARTS) is 1. The third-order valence-corrected chi connectivity index (χ3v) is 7.71. The van der Waals surface area contributed by atoms with E-state index in [1.807, 2.05) is 0 Å². The Balaban J connectivity index is 1.47. The Morgan fingerprint density at radius 1 is 1.10 bits per heavy atom. The number of hydrogen-bond donors (Lipinski definition) is 2. The molecule has 5 rings (SSSR count). The molecule has 3 aromatic rings. The van der Waals surface area contributed by atoms with Crippen molar-refractivity contribution < 1.29 is 28.6 Å². The summed E-state index contributed by atoms with van der Waals surface area (Å²) in [6.07, 6.45) is 2.92. The number of hydrogen-bond acceptors (Lipinski definition) is 7. The van der Waals surface area contributed by atoms with Crippen LogP contribution in [0.2, 0.25) is 10.0 Å². The minimum absolute atomic E-state index is 0.0130. The number of ether oxygens (including phenoxy) is 2. The van der Waals surface area contributed by atoms with Gasteiger partial charge in [0.25, 0.3) is 5.91 Å². The van der Waals surface area contributed by atoms with Crippen LogP contribution in [-0.4, -0.2) is 68.2 Å². The van der Waals surface area contributed by atoms with E-state index in [1.165, 1.54) is 23.2 Å². The van der Waals surface area contributed by atoms with E-state index in [2.05, 4.69) is 4.99 Å². The smallest absolute Gasteiger partial charge is 0.337 e. The number of fused-ring (bicyclic) bond motifs is 1. The van der Waals surface area contributed by atoms with E-state index < -0.39 is 17.7 Å². The predicted octanol–water partition coefficient (Wildman–Crippen LogP) is 5.33. The van der Waals surface area contributed by atoms with Gasteiger partial charge in [-0.05, 0) is 23.8 Å². The van der Waals surface area contributed by atoms with E-state index in [0.29, 0.717) is 54.3 Å². The highest BCUT2D eigenvalue weighted by Gasteiger charge is 2.30. The Hall–Kier alpha value is -4.12. The maximum Gasteiger partial charge on any atom is 0.337 e. The Morgan fingerprint density at radius 2 is 1.81 bits per heavy atom. The molecule has 0 unspecified atom stereocenters. The number of para-hydroxylation sites is 1. The first-order chi connectivity index (χ1) is 20.2. The first-order valence-electron chi connectivity index (χ1n) is 13.0. The van der Waals surface area contributed by atoms with Gasteiger partial charge < -0.3 is 30.1 Å². The van der Waals surface area contributed by atoms with Gasteiger partial charge in [-0.15, -0.1) is 0 Å². The van der Waals surface area contributed by atoms with Crippen LogP contribution in [-0.2, 0) is 11.3 Å². The Kier molecular flexibility index (Phi) is 8.67. The summed E-state index contributed by atoms with van der Waals surface area (Å²) in [6.45, 7) is 1.47. The summed E-state index contributed by atoms with van der Waals surface area (Å²) >= 11 is 13.0. The number of carbonyl (C=O) groups is 2. The number of halogens is 3. The summed E-state index contributed by atoms with van der Waals surface area (Å²) in [5.41, 5.74) is 8.16. The van der Waals surface area contributed by atoms with Crippen LogP contribution in [0, 0.1) is 5.82 Å². The van der Waals surface area contributed by atoms with E-state index in [-0.39, 0.29) is 45.7 Å². The highest BCUT2D eigenvalue weighted by atomic mass is 35.5. The molecule has 218 valence electrons. The zero-order valence-electron chi connectivity index (χ0n) is 22.6. The summed E-state index contributed by atoms with van der Waals surface area (Å²) in [5, 5.41) is 10.0. The van der Waals surface area contributed by atoms with Gasteiger partial charge in [-0.3, -0.25) is 9.79 Å². The zero-order chi connectivity index (χ0) is 30.0. The maximum atomic E-state index is 16.1. The van der Waals surface area contributed by atoms with Gasteiger partial charge in [-0.25, -0.2) is 9.18 Å². The molecule has 0 bridgehead atoms. The van der Waals surface area contributed by atoms with Gasteiger partial charge in [0.2, 0.25) is 0 Å². The maximum absolute atomic E-state index is 16.1. The zero-order valence-corrected chi connectivity index (χ0v) is 24.1. The van der Waals surface area contributed by atoms with E-state index in [0.717, 1.165) is 0 Å². The molecule has 3 aromatic carbocycles. The number of morpholine rings is 1. The number of anilines is 1. The van der Waals surface area contributed by atoms with Crippen LogP contribution in [0.4, 0.5) is 10.1 Å². The van der Waals surface area contributed by atoms with Crippen molar-refractivity contribution in [3.63, 3.8) is 0 Å². The quantitative estimate of drug-likeness (QED) is 0.361. The second kappa shape index (κ2) is 12.4. The number of carbonyl (C=O) groups excluding carboxylic acids is 1. The number of allylic oxidation sites excluding steroid dienone is 1. The average Bonchev–Trinajstić information content (AvgIpc) is 2.99. The van der Waals surface area contributed by atoms with Crippen molar-refractivity contribution in [2.24, 2.45) is 10.7 Å². The number of carboxylic acids is 1. The second-order valence-corrected chi connectivity index (χ2v) is 10.4. The van der Waals surface area contributed by atoms with Crippen molar-refractivity contribution >= 4 is 52.6 Å². The standard InChI is InChI=1S/C30H27Cl2FN4O5/c1-35-14-19(13-34)18-11-23(31)25(24(32)12-18)29(38)37-15-17-3-2-4-21(28(17)42-16-37)20-5-6-22(30(39)40)27(26(20)33)36-7-9-41-10-8-36/h2-6,11-14H,7-10,15-16,34H2,1H3,(H,39,40). The summed E-state index contributed by atoms with van der Waals surface area (Å²) in [4.78, 5) is 32.6. The number of amides is 1. The molecule has 0 radical (unpaired) electrons. The Labute approximate surface area is 251 Å². The summed E-state index contributed by atoms with van der Waals surface area (Å²) in [7, 11) is 1.60. The van der Waals surface area contributed by atoms with Crippen LogP contribution in [0.25, 0.3) is 16.7 Å². The van der Waals surface area contributed by atoms with Gasteiger partial charge in [0.1, 0.15) is 5.75 Å². The summed E-state index contributed by atoms with van der Waals surface area (Å²) in [5.74, 6) is -1.92. The molecule has 2 aliphatic rings. The van der Waals surface area contributed by atoms with Crippen molar-refractivity contribution in [3.05, 3.63) is 86.8 Å². The van der Waals surface area contributed by atoms with Crippen LogP contribution in [0.1, 0.15) is 31.8 Å². The fourth-order valence-corrected chi connectivity index (χ4v) is 5.76. The fraction of sp³-hybridized carbons (Fsp3) is 0.233. The number of aromatic carboxylic acids is 1. The molecule has 0 saturated carbocycles. The molecule has 0 atom stereocenters. The van der Waals surface area contributed by atoms with Gasteiger partial charge in [0.05, 0.1) is 46.6 Å². The number of nitrogens with zero attached hydrogens (tertiary/aromatic N) is 3. The molecule has 1 saturated heterocycles. The van der Waals surface area contributed by atoms with Crippen molar-refractivity contribution in [1.29, 1.82) is 0 Å². The molecular formula is C30H27Cl2FN4O5. The summed E-state index contributed by atoms with van der Waals surface area (Å²) < 4.78 is 27.5. The molecule has 0 aliphatic carbocycles. The molecule has 0 aromatic heterocycles. The fourth-order valence-electron chi connectivity index (χ4n) is 5.11. The number of rotatable bonds is 6. The average molecular weight is 613 g/mol. The SMILES string of the molecule is CN=CC(=CN)c1cc(Cl)c(C(=O)N2COc3c(cccc3-c3ccc(C(=O)O)c(N4CCOCC4)c3F)C2)c(Cl)c1. The van der Waals surface area contributed by atoms with Gasteiger partial charge in [0, 0.05) is 54.8 Å². The highest BCUT2D eigenvalue weighted by molar-refractivity contribution is 6.40. The third-order valence-electron chi connectivity index (χ3n) is 7.11. The van der Waals surface area contributed by atoms with Crippen molar-refractivity contribution in [3.8, 4) is 16.9 Å². The first-order valence-corrected chi connectivity index (χ1v) is 13.8. The highest BCUT2D eigenvalue weighted by Crippen LogP contribution is 2.41. The number of nitrogens with two attached hydrogens (primary N) is 1. The molecule has 2 heterocycles. The monoisotopic (exact) mass is 612 g/mol. The minimum atomic E-state index is -1.22. The topological polar surface area (TPSA) is 118 Å². The van der Waals surface area contributed by atoms with E-state index in [9.17, 15) is 14.7 Å². The van der Waals surface area contributed by atoms with Crippen LogP contribution < -0.4 is 15.4 Å². The minimum Gasteiger partial charge on any atom is -0.478 e. The summed E-state index contributed by atoms with van der Waals surface area (Å²) in [6, 6.07) is 11.2. The Bertz CT molecular complexity index is 1600. The van der Waals surface area contributed by atoms with E-state index in [4.69, 9.17) is 38.4 Å². The lowest BCUT2D eigenvalue weighted by atomic mass is 9.96. The molecule has 3 N–H and O–H groups in total.